The van der Waals surface area contributed by atoms with Crippen LogP contribution >= 0.6 is 0 Å². The minimum Gasteiger partial charge on any atom is -0.396 e. The van der Waals surface area contributed by atoms with Gasteiger partial charge in [-0.25, -0.2) is 0 Å². The Morgan fingerprint density at radius 2 is 2.13 bits per heavy atom. The lowest BCUT2D eigenvalue weighted by atomic mass is 10.0. The molecule has 2 aromatic heterocycles. The second kappa shape index (κ2) is 7.07. The molecule has 1 aromatic carbocycles. The lowest BCUT2D eigenvalue weighted by Crippen LogP contribution is -2.32. The van der Waals surface area contributed by atoms with Gasteiger partial charge >= 0.3 is 0 Å². The third-order valence-electron chi connectivity index (χ3n) is 3.87. The summed E-state index contributed by atoms with van der Waals surface area (Å²) in [5.74, 6) is -0.200. The molecule has 1 unspecified atom stereocenters. The van der Waals surface area contributed by atoms with E-state index in [2.05, 4.69) is 15.3 Å². The molecule has 118 valence electrons. The van der Waals surface area contributed by atoms with Crippen LogP contribution in [0.3, 0.4) is 0 Å². The highest BCUT2D eigenvalue weighted by atomic mass is 16.3. The van der Waals surface area contributed by atoms with Crippen LogP contribution in [0.5, 0.6) is 0 Å². The van der Waals surface area contributed by atoms with E-state index in [9.17, 15) is 9.90 Å². The second-order valence-corrected chi connectivity index (χ2v) is 5.53. The van der Waals surface area contributed by atoms with E-state index in [-0.39, 0.29) is 18.4 Å². The Hall–Kier alpha value is -2.66. The smallest absolute Gasteiger partial charge is 0.253 e. The number of aromatic nitrogens is 2. The molecule has 3 rings (SSSR count). The highest BCUT2D eigenvalue weighted by molar-refractivity contribution is 6.05. The minimum absolute atomic E-state index is 0.00353. The van der Waals surface area contributed by atoms with Gasteiger partial charge in [0.25, 0.3) is 5.91 Å². The lowest BCUT2D eigenvalue weighted by Gasteiger charge is -2.15. The fraction of sp³-hybridized carbons (Fsp3) is 0.222. The van der Waals surface area contributed by atoms with Gasteiger partial charge in [0.15, 0.2) is 0 Å². The highest BCUT2D eigenvalue weighted by Crippen LogP contribution is 2.16. The van der Waals surface area contributed by atoms with Crippen molar-refractivity contribution >= 4 is 16.8 Å². The normalized spacial score (nSPS) is 12.2. The van der Waals surface area contributed by atoms with Gasteiger partial charge in [-0.1, -0.05) is 18.2 Å². The number of H-pyrrole nitrogens is 1. The van der Waals surface area contributed by atoms with Crippen molar-refractivity contribution in [1.29, 1.82) is 0 Å². The van der Waals surface area contributed by atoms with E-state index in [1.54, 1.807) is 12.3 Å². The molecule has 5 nitrogen and oxygen atoms in total. The van der Waals surface area contributed by atoms with Gasteiger partial charge in [0.1, 0.15) is 0 Å². The number of carbonyl (C=O) groups is 1. The number of hydrogen-bond acceptors (Lipinski definition) is 3. The average Bonchev–Trinajstić information content (AvgIpc) is 3.07. The fourth-order valence-electron chi connectivity index (χ4n) is 2.62. The van der Waals surface area contributed by atoms with Crippen molar-refractivity contribution in [2.45, 2.75) is 6.42 Å². The standard InChI is InChI=1S/C18H19N3O2/c22-12-13(10-15-5-1-2-8-19-15)11-21-18(23)16-6-3-4-14-7-9-20-17(14)16/h1-9,13,20,22H,10-12H2,(H,21,23). The molecule has 5 heteroatoms. The topological polar surface area (TPSA) is 78.0 Å². The Kier molecular flexibility index (Phi) is 4.68. The van der Waals surface area contributed by atoms with Gasteiger partial charge in [-0.3, -0.25) is 9.78 Å². The van der Waals surface area contributed by atoms with Crippen LogP contribution < -0.4 is 5.32 Å². The monoisotopic (exact) mass is 309 g/mol. The molecular weight excluding hydrogens is 290 g/mol. The minimum atomic E-state index is -0.141. The lowest BCUT2D eigenvalue weighted by molar-refractivity contribution is 0.0941. The van der Waals surface area contributed by atoms with Crippen molar-refractivity contribution in [2.75, 3.05) is 13.2 Å². The van der Waals surface area contributed by atoms with Crippen molar-refractivity contribution in [3.05, 3.63) is 66.1 Å². The van der Waals surface area contributed by atoms with E-state index in [1.165, 1.54) is 0 Å². The number of nitrogens with zero attached hydrogens (tertiary/aromatic N) is 1. The van der Waals surface area contributed by atoms with E-state index in [1.807, 2.05) is 42.6 Å². The average molecular weight is 309 g/mol. The molecule has 1 atom stereocenters. The summed E-state index contributed by atoms with van der Waals surface area (Å²) < 4.78 is 0. The highest BCUT2D eigenvalue weighted by Gasteiger charge is 2.14. The van der Waals surface area contributed by atoms with Gasteiger partial charge in [-0.05, 0) is 30.7 Å². The molecule has 1 amide bonds. The summed E-state index contributed by atoms with van der Waals surface area (Å²) in [5, 5.41) is 13.4. The summed E-state index contributed by atoms with van der Waals surface area (Å²) in [5.41, 5.74) is 2.35. The molecular formula is C18H19N3O2. The van der Waals surface area contributed by atoms with E-state index in [4.69, 9.17) is 0 Å². The van der Waals surface area contributed by atoms with Crippen molar-refractivity contribution < 1.29 is 9.90 Å². The third kappa shape index (κ3) is 3.57. The van der Waals surface area contributed by atoms with Gasteiger partial charge in [0.2, 0.25) is 0 Å². The molecule has 0 fully saturated rings. The Morgan fingerprint density at radius 1 is 1.22 bits per heavy atom. The largest absolute Gasteiger partial charge is 0.396 e. The zero-order valence-electron chi connectivity index (χ0n) is 12.7. The van der Waals surface area contributed by atoms with Crippen molar-refractivity contribution in [1.82, 2.24) is 15.3 Å². The van der Waals surface area contributed by atoms with Crippen molar-refractivity contribution in [3.63, 3.8) is 0 Å². The SMILES string of the molecule is O=C(NCC(CO)Cc1ccccn1)c1cccc2cc[nH]c12. The second-order valence-electron chi connectivity index (χ2n) is 5.53. The molecule has 0 saturated heterocycles. The predicted molar refractivity (Wildman–Crippen MR) is 89.1 cm³/mol. The first kappa shape index (κ1) is 15.2. The molecule has 0 radical (unpaired) electrons. The van der Waals surface area contributed by atoms with Crippen LogP contribution in [0.15, 0.2) is 54.9 Å². The Morgan fingerprint density at radius 3 is 2.91 bits per heavy atom. The summed E-state index contributed by atoms with van der Waals surface area (Å²) in [6.45, 7) is 0.409. The number of carbonyl (C=O) groups excluding carboxylic acids is 1. The van der Waals surface area contributed by atoms with Crippen LogP contribution in [-0.2, 0) is 6.42 Å². The van der Waals surface area contributed by atoms with Gasteiger partial charge < -0.3 is 15.4 Å². The van der Waals surface area contributed by atoms with Gasteiger partial charge in [-0.15, -0.1) is 0 Å². The van der Waals surface area contributed by atoms with Crippen molar-refractivity contribution in [2.24, 2.45) is 5.92 Å². The number of hydrogen-bond donors (Lipinski definition) is 3. The molecule has 2 heterocycles. The number of pyridine rings is 1. The molecule has 3 N–H and O–H groups in total. The first-order valence-corrected chi connectivity index (χ1v) is 7.63. The molecule has 23 heavy (non-hydrogen) atoms. The predicted octanol–water partition coefficient (Wildman–Crippen LogP) is 2.14. The maximum atomic E-state index is 12.4. The van der Waals surface area contributed by atoms with E-state index >= 15 is 0 Å². The maximum Gasteiger partial charge on any atom is 0.253 e. The number of aliphatic hydroxyl groups is 1. The number of rotatable bonds is 6. The zero-order chi connectivity index (χ0) is 16.1. The molecule has 0 aliphatic rings. The molecule has 3 aromatic rings. The number of benzene rings is 1. The summed E-state index contributed by atoms with van der Waals surface area (Å²) in [7, 11) is 0. The number of amides is 1. The number of aliphatic hydroxyl groups excluding tert-OH is 1. The Balaban J connectivity index is 1.64. The van der Waals surface area contributed by atoms with Crippen LogP contribution in [0.1, 0.15) is 16.1 Å². The summed E-state index contributed by atoms with van der Waals surface area (Å²) in [4.78, 5) is 19.7. The van der Waals surface area contributed by atoms with E-state index in [0.717, 1.165) is 16.6 Å². The number of para-hydroxylation sites is 1. The molecule has 0 aliphatic heterocycles. The quantitative estimate of drug-likeness (QED) is 0.653. The van der Waals surface area contributed by atoms with Gasteiger partial charge in [0.05, 0.1) is 11.1 Å². The van der Waals surface area contributed by atoms with Gasteiger partial charge in [-0.2, -0.15) is 0 Å². The fourth-order valence-corrected chi connectivity index (χ4v) is 2.62. The first-order valence-electron chi connectivity index (χ1n) is 7.63. The molecule has 0 saturated carbocycles. The van der Waals surface area contributed by atoms with Crippen LogP contribution in [-0.4, -0.2) is 34.1 Å². The Labute approximate surface area is 134 Å². The molecule has 0 aliphatic carbocycles. The third-order valence-corrected chi connectivity index (χ3v) is 3.87. The number of fused-ring (bicyclic) bond motifs is 1. The zero-order valence-corrected chi connectivity index (χ0v) is 12.7. The Bertz CT molecular complexity index is 783. The number of nitrogens with one attached hydrogen (secondary N) is 2. The van der Waals surface area contributed by atoms with Crippen LogP contribution in [0.4, 0.5) is 0 Å². The van der Waals surface area contributed by atoms with Gasteiger partial charge in [0, 0.05) is 42.5 Å². The van der Waals surface area contributed by atoms with Crippen LogP contribution in [0.2, 0.25) is 0 Å². The first-order chi connectivity index (χ1) is 11.3. The maximum absolute atomic E-state index is 12.4. The van der Waals surface area contributed by atoms with Crippen molar-refractivity contribution in [3.8, 4) is 0 Å². The summed E-state index contributed by atoms with van der Waals surface area (Å²) in [6, 6.07) is 13.2. The van der Waals surface area contributed by atoms with E-state index < -0.39 is 0 Å². The number of aromatic amines is 1. The molecule has 0 bridgehead atoms. The summed E-state index contributed by atoms with van der Waals surface area (Å²) >= 11 is 0. The summed E-state index contributed by atoms with van der Waals surface area (Å²) in [6.07, 6.45) is 4.18. The van der Waals surface area contributed by atoms with E-state index in [0.29, 0.717) is 18.5 Å². The van der Waals surface area contributed by atoms with Crippen LogP contribution in [0.25, 0.3) is 10.9 Å². The molecule has 0 spiro atoms. The van der Waals surface area contributed by atoms with Crippen LogP contribution in [0, 0.1) is 5.92 Å².